The Kier molecular flexibility index (Phi) is 9.69. The molecule has 1 aliphatic heterocycles. The van der Waals surface area contributed by atoms with Crippen molar-refractivity contribution in [2.24, 2.45) is 5.92 Å². The Hall–Kier alpha value is -3.66. The predicted octanol–water partition coefficient (Wildman–Crippen LogP) is 4.95. The average Bonchev–Trinajstić information content (AvgIpc) is 3.51. The van der Waals surface area contributed by atoms with Crippen molar-refractivity contribution >= 4 is 44.7 Å². The highest BCUT2D eigenvalue weighted by Gasteiger charge is 2.36. The number of ether oxygens (including phenoxy) is 1. The van der Waals surface area contributed by atoms with E-state index >= 15 is 0 Å². The second-order valence-corrected chi connectivity index (χ2v) is 13.4. The zero-order chi connectivity index (χ0) is 31.5. The number of anilines is 2. The zero-order valence-electron chi connectivity index (χ0n) is 23.5. The van der Waals surface area contributed by atoms with Crippen molar-refractivity contribution in [2.75, 3.05) is 37.4 Å². The molecule has 3 atom stereocenters. The molecule has 1 aliphatic rings. The first-order valence-corrected chi connectivity index (χ1v) is 15.5. The van der Waals surface area contributed by atoms with Crippen LogP contribution >= 0.6 is 11.3 Å². The summed E-state index contributed by atoms with van der Waals surface area (Å²) in [6.45, 7) is 3.21. The molecule has 232 valence electrons. The number of fused-ring (bicyclic) bond motifs is 1. The molecule has 1 aromatic heterocycles. The van der Waals surface area contributed by atoms with E-state index in [2.05, 4.69) is 10.6 Å². The highest BCUT2D eigenvalue weighted by molar-refractivity contribution is 7.91. The minimum Gasteiger partial charge on any atom is -0.486 e. The molecule has 3 N–H and O–H groups in total. The number of hydrogen-bond acceptors (Lipinski definition) is 7. The lowest BCUT2D eigenvalue weighted by molar-refractivity contribution is -0.137. The SMILES string of the molecule is C[C@H]1CN([C@@H](C)CO)C(=O)c2cccc(NC(=O)Nc3ccc(C(F)(F)F)cc3)c2O[C@H]1CN(C)S(=O)(=O)c1cccs1. The van der Waals surface area contributed by atoms with E-state index in [1.807, 2.05) is 0 Å². The standard InChI is InChI=1S/C28H31F3N4O6S2/c1-17-14-35(18(2)16-36)26(37)21-6-4-7-22(33-27(38)32-20-11-9-19(10-12-20)28(29,30)31)25(21)41-23(17)15-34(3)43(39,40)24-8-5-13-42-24/h4-13,17-18,23,36H,14-16H2,1-3H3,(H2,32,33,38)/t17-,18-,23-/m0/s1. The summed E-state index contributed by atoms with van der Waals surface area (Å²) in [7, 11) is -2.41. The Morgan fingerprint density at radius 3 is 2.47 bits per heavy atom. The summed E-state index contributed by atoms with van der Waals surface area (Å²) in [5.41, 5.74) is -0.623. The van der Waals surface area contributed by atoms with Crippen molar-refractivity contribution in [3.8, 4) is 5.75 Å². The zero-order valence-corrected chi connectivity index (χ0v) is 25.1. The number of rotatable bonds is 8. The molecular weight excluding hydrogens is 609 g/mol. The maximum atomic E-state index is 13.6. The molecule has 15 heteroatoms. The van der Waals surface area contributed by atoms with Gasteiger partial charge in [-0.3, -0.25) is 4.79 Å². The van der Waals surface area contributed by atoms with Gasteiger partial charge in [-0.1, -0.05) is 19.1 Å². The van der Waals surface area contributed by atoms with Gasteiger partial charge < -0.3 is 25.4 Å². The van der Waals surface area contributed by atoms with Crippen LogP contribution < -0.4 is 15.4 Å². The number of hydrogen-bond donors (Lipinski definition) is 3. The number of nitrogens with zero attached hydrogens (tertiary/aromatic N) is 2. The Balaban J connectivity index is 1.65. The van der Waals surface area contributed by atoms with E-state index in [1.165, 1.54) is 36.2 Å². The number of benzene rings is 2. The van der Waals surface area contributed by atoms with Crippen molar-refractivity contribution in [1.29, 1.82) is 0 Å². The van der Waals surface area contributed by atoms with Crippen molar-refractivity contribution < 1.29 is 41.0 Å². The van der Waals surface area contributed by atoms with Crippen LogP contribution in [0.3, 0.4) is 0 Å². The lowest BCUT2D eigenvalue weighted by atomic mass is 9.99. The summed E-state index contributed by atoms with van der Waals surface area (Å²) in [6, 6.07) is 10.1. The lowest BCUT2D eigenvalue weighted by Gasteiger charge is -2.38. The van der Waals surface area contributed by atoms with Gasteiger partial charge in [-0.15, -0.1) is 11.3 Å². The number of urea groups is 1. The molecule has 2 aromatic carbocycles. The summed E-state index contributed by atoms with van der Waals surface area (Å²) in [6.07, 6.45) is -5.32. The second-order valence-electron chi connectivity index (χ2n) is 10.2. The number of likely N-dealkylation sites (N-methyl/N-ethyl adjacent to an activating group) is 1. The quantitative estimate of drug-likeness (QED) is 0.320. The molecule has 0 spiro atoms. The first-order chi connectivity index (χ1) is 20.2. The third-order valence-electron chi connectivity index (χ3n) is 7.01. The molecule has 3 aromatic rings. The van der Waals surface area contributed by atoms with Crippen molar-refractivity contribution in [3.63, 3.8) is 0 Å². The highest BCUT2D eigenvalue weighted by atomic mass is 32.2. The van der Waals surface area contributed by atoms with Gasteiger partial charge in [0, 0.05) is 25.2 Å². The first kappa shape index (κ1) is 32.3. The molecule has 3 amide bonds. The number of carbonyl (C=O) groups excluding carboxylic acids is 2. The van der Waals surface area contributed by atoms with E-state index in [0.717, 1.165) is 39.9 Å². The van der Waals surface area contributed by atoms with E-state index in [0.29, 0.717) is 0 Å². The number of aliphatic hydroxyl groups excluding tert-OH is 1. The molecule has 0 bridgehead atoms. The molecular formula is C28H31F3N4O6S2. The highest BCUT2D eigenvalue weighted by Crippen LogP contribution is 2.36. The molecule has 2 heterocycles. The molecule has 43 heavy (non-hydrogen) atoms. The van der Waals surface area contributed by atoms with Gasteiger partial charge in [0.25, 0.3) is 15.9 Å². The van der Waals surface area contributed by atoms with Crippen LogP contribution in [0, 0.1) is 5.92 Å². The normalized spacial score (nSPS) is 18.3. The number of carbonyl (C=O) groups is 2. The third-order valence-corrected chi connectivity index (χ3v) is 10.2. The Bertz CT molecular complexity index is 1550. The van der Waals surface area contributed by atoms with Crippen LogP contribution in [0.1, 0.15) is 29.8 Å². The fourth-order valence-electron chi connectivity index (χ4n) is 4.50. The summed E-state index contributed by atoms with van der Waals surface area (Å²) in [4.78, 5) is 28.0. The summed E-state index contributed by atoms with van der Waals surface area (Å²) >= 11 is 1.08. The minimum absolute atomic E-state index is 0.0105. The number of halogens is 3. The van der Waals surface area contributed by atoms with Gasteiger partial charge in [0.1, 0.15) is 10.3 Å². The Morgan fingerprint density at radius 1 is 1.16 bits per heavy atom. The van der Waals surface area contributed by atoms with Gasteiger partial charge >= 0.3 is 12.2 Å². The lowest BCUT2D eigenvalue weighted by Crippen LogP contribution is -2.50. The van der Waals surface area contributed by atoms with Gasteiger partial charge in [-0.25, -0.2) is 13.2 Å². The second kappa shape index (κ2) is 12.9. The number of sulfonamides is 1. The summed E-state index contributed by atoms with van der Waals surface area (Å²) in [5, 5.41) is 16.5. The number of para-hydroxylation sites is 1. The summed E-state index contributed by atoms with van der Waals surface area (Å²) < 4.78 is 72.7. The summed E-state index contributed by atoms with van der Waals surface area (Å²) in [5.74, 6) is -0.891. The minimum atomic E-state index is -4.53. The molecule has 0 aliphatic carbocycles. The van der Waals surface area contributed by atoms with Crippen LogP contribution in [0.4, 0.5) is 29.3 Å². The maximum absolute atomic E-state index is 13.6. The van der Waals surface area contributed by atoms with Crippen LogP contribution in [0.15, 0.2) is 64.2 Å². The molecule has 4 rings (SSSR count). The predicted molar refractivity (Wildman–Crippen MR) is 156 cm³/mol. The van der Waals surface area contributed by atoms with Crippen LogP contribution in [0.5, 0.6) is 5.75 Å². The molecule has 0 unspecified atom stereocenters. The van der Waals surface area contributed by atoms with Gasteiger partial charge in [0.05, 0.1) is 36.0 Å². The Morgan fingerprint density at radius 2 is 1.86 bits per heavy atom. The average molecular weight is 641 g/mol. The molecule has 0 radical (unpaired) electrons. The van der Waals surface area contributed by atoms with Gasteiger partial charge in [-0.05, 0) is 54.8 Å². The topological polar surface area (TPSA) is 128 Å². The number of thiophene rings is 1. The van der Waals surface area contributed by atoms with E-state index in [-0.39, 0.29) is 46.6 Å². The maximum Gasteiger partial charge on any atom is 0.416 e. The number of aliphatic hydroxyl groups is 1. The molecule has 0 saturated carbocycles. The van der Waals surface area contributed by atoms with Crippen LogP contribution in [-0.2, 0) is 16.2 Å². The van der Waals surface area contributed by atoms with Crippen molar-refractivity contribution in [3.05, 3.63) is 71.1 Å². The number of alkyl halides is 3. The number of amides is 3. The van der Waals surface area contributed by atoms with Crippen molar-refractivity contribution in [1.82, 2.24) is 9.21 Å². The molecule has 10 nitrogen and oxygen atoms in total. The fraction of sp³-hybridized carbons (Fsp3) is 0.357. The van der Waals surface area contributed by atoms with Gasteiger partial charge in [0.2, 0.25) is 0 Å². The smallest absolute Gasteiger partial charge is 0.416 e. The fourth-order valence-corrected chi connectivity index (χ4v) is 6.89. The molecule has 0 fully saturated rings. The van der Waals surface area contributed by atoms with E-state index in [1.54, 1.807) is 25.3 Å². The van der Waals surface area contributed by atoms with Crippen molar-refractivity contribution in [2.45, 2.75) is 36.4 Å². The monoisotopic (exact) mass is 640 g/mol. The first-order valence-electron chi connectivity index (χ1n) is 13.2. The van der Waals surface area contributed by atoms with E-state index in [4.69, 9.17) is 4.74 Å². The number of nitrogens with one attached hydrogen (secondary N) is 2. The van der Waals surface area contributed by atoms with Gasteiger partial charge in [0.15, 0.2) is 5.75 Å². The third kappa shape index (κ3) is 7.29. The largest absolute Gasteiger partial charge is 0.486 e. The van der Waals surface area contributed by atoms with E-state index < -0.39 is 51.8 Å². The van der Waals surface area contributed by atoms with Crippen LogP contribution in [-0.4, -0.2) is 73.6 Å². The van der Waals surface area contributed by atoms with Crippen LogP contribution in [0.2, 0.25) is 0 Å². The van der Waals surface area contributed by atoms with Crippen LogP contribution in [0.25, 0.3) is 0 Å². The molecule has 0 saturated heterocycles. The van der Waals surface area contributed by atoms with Gasteiger partial charge in [-0.2, -0.15) is 17.5 Å². The van der Waals surface area contributed by atoms with E-state index in [9.17, 15) is 36.3 Å². The Labute approximate surface area is 251 Å².